The summed E-state index contributed by atoms with van der Waals surface area (Å²) in [6.45, 7) is 15.0. The van der Waals surface area contributed by atoms with Crippen molar-refractivity contribution in [3.8, 4) is 0 Å². The van der Waals surface area contributed by atoms with Gasteiger partial charge in [-0.1, -0.05) is 43.7 Å². The van der Waals surface area contributed by atoms with Crippen LogP contribution in [0, 0.1) is 18.3 Å². The quantitative estimate of drug-likeness (QED) is 0.796. The van der Waals surface area contributed by atoms with E-state index in [-0.39, 0.29) is 5.54 Å². The van der Waals surface area contributed by atoms with Crippen molar-refractivity contribution in [2.24, 2.45) is 11.3 Å². The maximum atomic E-state index is 3.73. The SMILES string of the molecule is Cc1ccc(C2CC(C)(C)CCC2CNC(C)(C)C)cc1. The minimum atomic E-state index is 0.213. The molecule has 0 amide bonds. The lowest BCUT2D eigenvalue weighted by Crippen LogP contribution is -2.42. The van der Waals surface area contributed by atoms with Crippen molar-refractivity contribution in [2.45, 2.75) is 72.3 Å². The first-order valence-corrected chi connectivity index (χ1v) is 8.48. The summed E-state index contributed by atoms with van der Waals surface area (Å²) in [6.07, 6.45) is 4.01. The summed E-state index contributed by atoms with van der Waals surface area (Å²) in [7, 11) is 0. The molecule has 0 saturated heterocycles. The zero-order valence-electron chi connectivity index (χ0n) is 14.8. The first-order valence-electron chi connectivity index (χ1n) is 8.48. The molecule has 1 fully saturated rings. The van der Waals surface area contributed by atoms with Crippen LogP contribution in [0.15, 0.2) is 24.3 Å². The van der Waals surface area contributed by atoms with Crippen LogP contribution in [0.2, 0.25) is 0 Å². The Labute approximate surface area is 131 Å². The standard InChI is InChI=1S/C20H33N/c1-15-7-9-16(10-8-15)18-13-20(5,6)12-11-17(18)14-21-19(2,3)4/h7-10,17-18,21H,11-14H2,1-6H3. The van der Waals surface area contributed by atoms with Crippen molar-refractivity contribution in [3.63, 3.8) is 0 Å². The van der Waals surface area contributed by atoms with Crippen LogP contribution in [0.5, 0.6) is 0 Å². The highest BCUT2D eigenvalue weighted by Crippen LogP contribution is 2.46. The van der Waals surface area contributed by atoms with Crippen LogP contribution in [0.3, 0.4) is 0 Å². The highest BCUT2D eigenvalue weighted by Gasteiger charge is 2.35. The van der Waals surface area contributed by atoms with Crippen molar-refractivity contribution >= 4 is 0 Å². The Kier molecular flexibility index (Phi) is 4.82. The number of benzene rings is 1. The van der Waals surface area contributed by atoms with Gasteiger partial charge in [-0.3, -0.25) is 0 Å². The Morgan fingerprint density at radius 2 is 1.76 bits per heavy atom. The van der Waals surface area contributed by atoms with Crippen molar-refractivity contribution < 1.29 is 0 Å². The zero-order chi connectivity index (χ0) is 15.7. The lowest BCUT2D eigenvalue weighted by atomic mass is 9.65. The first kappa shape index (κ1) is 16.5. The van der Waals surface area contributed by atoms with Crippen molar-refractivity contribution in [1.29, 1.82) is 0 Å². The largest absolute Gasteiger partial charge is 0.312 e. The molecule has 1 aromatic carbocycles. The molecule has 2 rings (SSSR count). The van der Waals surface area contributed by atoms with Gasteiger partial charge in [-0.2, -0.15) is 0 Å². The average molecular weight is 287 g/mol. The summed E-state index contributed by atoms with van der Waals surface area (Å²) in [5.41, 5.74) is 3.59. The molecule has 0 spiro atoms. The van der Waals surface area contributed by atoms with E-state index in [1.165, 1.54) is 30.4 Å². The van der Waals surface area contributed by atoms with Crippen molar-refractivity contribution in [1.82, 2.24) is 5.32 Å². The molecular weight excluding hydrogens is 254 g/mol. The molecule has 1 aliphatic carbocycles. The number of hydrogen-bond acceptors (Lipinski definition) is 1. The molecule has 1 saturated carbocycles. The van der Waals surface area contributed by atoms with Crippen LogP contribution in [-0.2, 0) is 0 Å². The second-order valence-corrected chi connectivity index (χ2v) is 8.82. The third kappa shape index (κ3) is 4.85. The van der Waals surface area contributed by atoms with E-state index in [1.54, 1.807) is 0 Å². The van der Waals surface area contributed by atoms with E-state index in [0.29, 0.717) is 11.3 Å². The summed E-state index contributed by atoms with van der Waals surface area (Å²) < 4.78 is 0. The minimum absolute atomic E-state index is 0.213. The number of aryl methyl sites for hydroxylation is 1. The third-order valence-corrected chi connectivity index (χ3v) is 4.93. The summed E-state index contributed by atoms with van der Waals surface area (Å²) in [4.78, 5) is 0. The molecule has 0 radical (unpaired) electrons. The van der Waals surface area contributed by atoms with Gasteiger partial charge in [0.05, 0.1) is 0 Å². The van der Waals surface area contributed by atoms with Crippen molar-refractivity contribution in [3.05, 3.63) is 35.4 Å². The zero-order valence-corrected chi connectivity index (χ0v) is 14.8. The smallest absolute Gasteiger partial charge is 0.00966 e. The summed E-state index contributed by atoms with van der Waals surface area (Å²) >= 11 is 0. The molecule has 118 valence electrons. The van der Waals surface area contributed by atoms with E-state index in [1.807, 2.05) is 0 Å². The van der Waals surface area contributed by atoms with Gasteiger partial charge in [0.15, 0.2) is 0 Å². The summed E-state index contributed by atoms with van der Waals surface area (Å²) in [6, 6.07) is 9.24. The van der Waals surface area contributed by atoms with Gasteiger partial charge < -0.3 is 5.32 Å². The van der Waals surface area contributed by atoms with E-state index >= 15 is 0 Å². The third-order valence-electron chi connectivity index (χ3n) is 4.93. The van der Waals surface area contributed by atoms with Crippen LogP contribution in [-0.4, -0.2) is 12.1 Å². The fourth-order valence-corrected chi connectivity index (χ4v) is 3.53. The van der Waals surface area contributed by atoms with E-state index < -0.39 is 0 Å². The van der Waals surface area contributed by atoms with Gasteiger partial charge in [-0.05, 0) is 76.3 Å². The summed E-state index contributed by atoms with van der Waals surface area (Å²) in [5, 5.41) is 3.73. The lowest BCUT2D eigenvalue weighted by molar-refractivity contribution is 0.154. The maximum absolute atomic E-state index is 3.73. The molecular formula is C20H33N. The molecule has 1 aromatic rings. The Morgan fingerprint density at radius 3 is 2.33 bits per heavy atom. The maximum Gasteiger partial charge on any atom is 0.00966 e. The monoisotopic (exact) mass is 287 g/mol. The fourth-order valence-electron chi connectivity index (χ4n) is 3.53. The molecule has 0 aromatic heterocycles. The second-order valence-electron chi connectivity index (χ2n) is 8.82. The Bertz CT molecular complexity index is 450. The van der Waals surface area contributed by atoms with E-state index in [0.717, 1.165) is 12.5 Å². The second kappa shape index (κ2) is 6.12. The minimum Gasteiger partial charge on any atom is -0.312 e. The van der Waals surface area contributed by atoms with Gasteiger partial charge in [0.1, 0.15) is 0 Å². The summed E-state index contributed by atoms with van der Waals surface area (Å²) in [5.74, 6) is 1.46. The number of nitrogens with one attached hydrogen (secondary N) is 1. The molecule has 0 heterocycles. The normalized spacial score (nSPS) is 25.8. The highest BCUT2D eigenvalue weighted by molar-refractivity contribution is 5.26. The highest BCUT2D eigenvalue weighted by atomic mass is 14.9. The van der Waals surface area contributed by atoms with Gasteiger partial charge in [0.25, 0.3) is 0 Å². The van der Waals surface area contributed by atoms with Crippen LogP contribution < -0.4 is 5.32 Å². The van der Waals surface area contributed by atoms with Gasteiger partial charge >= 0.3 is 0 Å². The number of rotatable bonds is 3. The van der Waals surface area contributed by atoms with Crippen LogP contribution in [0.25, 0.3) is 0 Å². The van der Waals surface area contributed by atoms with E-state index in [2.05, 4.69) is 71.1 Å². The molecule has 1 N–H and O–H groups in total. The van der Waals surface area contributed by atoms with Gasteiger partial charge in [0.2, 0.25) is 0 Å². The lowest BCUT2D eigenvalue weighted by Gasteiger charge is -2.42. The molecule has 1 aliphatic rings. The predicted molar refractivity (Wildman–Crippen MR) is 92.8 cm³/mol. The molecule has 1 nitrogen and oxygen atoms in total. The van der Waals surface area contributed by atoms with Gasteiger partial charge in [-0.25, -0.2) is 0 Å². The molecule has 0 aliphatic heterocycles. The van der Waals surface area contributed by atoms with E-state index in [4.69, 9.17) is 0 Å². The van der Waals surface area contributed by atoms with Crippen LogP contribution in [0.1, 0.15) is 70.9 Å². The topological polar surface area (TPSA) is 12.0 Å². The predicted octanol–water partition coefficient (Wildman–Crippen LogP) is 5.29. The fraction of sp³-hybridized carbons (Fsp3) is 0.700. The van der Waals surface area contributed by atoms with Crippen molar-refractivity contribution in [2.75, 3.05) is 6.54 Å². The molecule has 1 heteroatoms. The van der Waals surface area contributed by atoms with E-state index in [9.17, 15) is 0 Å². The molecule has 21 heavy (non-hydrogen) atoms. The average Bonchev–Trinajstić information content (AvgIpc) is 2.36. The van der Waals surface area contributed by atoms with Crippen LogP contribution >= 0.6 is 0 Å². The van der Waals surface area contributed by atoms with Gasteiger partial charge in [0, 0.05) is 5.54 Å². The first-order chi connectivity index (χ1) is 9.66. The van der Waals surface area contributed by atoms with Gasteiger partial charge in [-0.15, -0.1) is 0 Å². The Morgan fingerprint density at radius 1 is 1.14 bits per heavy atom. The molecule has 2 atom stereocenters. The molecule has 0 bridgehead atoms. The Hall–Kier alpha value is -0.820. The van der Waals surface area contributed by atoms with Crippen LogP contribution in [0.4, 0.5) is 0 Å². The Balaban J connectivity index is 2.15. The number of hydrogen-bond donors (Lipinski definition) is 1. The molecule has 2 unspecified atom stereocenters.